The predicted octanol–water partition coefficient (Wildman–Crippen LogP) is 5.55. The van der Waals surface area contributed by atoms with Crippen molar-refractivity contribution in [3.8, 4) is 34.1 Å². The molecule has 6 aromatic rings. The summed E-state index contributed by atoms with van der Waals surface area (Å²) in [6.07, 6.45) is 0. The molecule has 0 aliphatic rings. The van der Waals surface area contributed by atoms with Crippen LogP contribution in [0.15, 0.2) is 113 Å². The van der Waals surface area contributed by atoms with E-state index in [2.05, 4.69) is 20.5 Å². The maximum absolute atomic E-state index is 12.1. The summed E-state index contributed by atoms with van der Waals surface area (Å²) in [4.78, 5) is -4.17. The summed E-state index contributed by atoms with van der Waals surface area (Å²) in [5, 5.41) is 55.9. The van der Waals surface area contributed by atoms with Gasteiger partial charge in [0.15, 0.2) is 11.5 Å². The number of hydrogen-bond acceptors (Lipinski definition) is 20. The van der Waals surface area contributed by atoms with E-state index in [0.717, 1.165) is 0 Å². The topological polar surface area (TPSA) is 359 Å². The number of rotatable bonds is 9. The van der Waals surface area contributed by atoms with E-state index in [1.165, 1.54) is 12.1 Å². The second-order valence-electron chi connectivity index (χ2n) is 12.4. The third-order valence-corrected chi connectivity index (χ3v) is 11.9. The average molecular weight is 871 g/mol. The van der Waals surface area contributed by atoms with Gasteiger partial charge in [-0.2, -0.15) is 10.2 Å². The van der Waals surface area contributed by atoms with Gasteiger partial charge in [-0.25, -0.2) is 33.7 Å². The zero-order valence-electron chi connectivity index (χ0n) is 29.0. The van der Waals surface area contributed by atoms with Crippen LogP contribution in [0.1, 0.15) is 11.1 Å². The number of hydrogen-bond donors (Lipinski definition) is 4. The zero-order chi connectivity index (χ0) is 42.9. The van der Waals surface area contributed by atoms with Crippen molar-refractivity contribution in [1.29, 1.82) is 0 Å². The highest BCUT2D eigenvalue weighted by atomic mass is 32.2. The van der Waals surface area contributed by atoms with Gasteiger partial charge in [-0.1, -0.05) is 12.1 Å². The molecule has 58 heavy (non-hydrogen) atoms. The van der Waals surface area contributed by atoms with Crippen LogP contribution < -0.4 is 0 Å². The Labute approximate surface area is 327 Å². The Morgan fingerprint density at radius 2 is 0.793 bits per heavy atom. The van der Waals surface area contributed by atoms with Gasteiger partial charge in [0.2, 0.25) is 0 Å². The van der Waals surface area contributed by atoms with Gasteiger partial charge >= 0.3 is 0 Å². The summed E-state index contributed by atoms with van der Waals surface area (Å²) in [5.41, 5.74) is 0.508. The largest absolute Gasteiger partial charge is 0.744 e. The van der Waals surface area contributed by atoms with Crippen molar-refractivity contribution in [2.45, 2.75) is 33.4 Å². The minimum absolute atomic E-state index is 0.118. The van der Waals surface area contributed by atoms with E-state index in [1.54, 1.807) is 38.1 Å². The van der Waals surface area contributed by atoms with Crippen LogP contribution in [0.3, 0.4) is 0 Å². The van der Waals surface area contributed by atoms with Crippen molar-refractivity contribution in [2.75, 3.05) is 0 Å². The molecule has 0 atom stereocenters. The second kappa shape index (κ2) is 14.4. The van der Waals surface area contributed by atoms with Crippen LogP contribution in [0.2, 0.25) is 0 Å². The molecule has 20 nitrogen and oxygen atoms in total. The summed E-state index contributed by atoms with van der Waals surface area (Å²) in [6, 6.07) is 12.9. The third-order valence-electron chi connectivity index (χ3n) is 8.56. The highest BCUT2D eigenvalue weighted by Crippen LogP contribution is 2.47. The van der Waals surface area contributed by atoms with Crippen LogP contribution >= 0.6 is 0 Å². The van der Waals surface area contributed by atoms with Gasteiger partial charge in [0, 0.05) is 0 Å². The Kier molecular flexibility index (Phi) is 10.3. The Morgan fingerprint density at radius 3 is 1.09 bits per heavy atom. The quantitative estimate of drug-likeness (QED) is 0.102. The first kappa shape index (κ1) is 41.5. The average Bonchev–Trinajstić information content (AvgIpc) is 3.09. The lowest BCUT2D eigenvalue weighted by molar-refractivity contribution is 0.451. The molecule has 0 aliphatic carbocycles. The molecule has 0 saturated carbocycles. The van der Waals surface area contributed by atoms with Crippen LogP contribution in [-0.2, 0) is 40.5 Å². The lowest BCUT2D eigenvalue weighted by atomic mass is 10.0. The molecule has 0 unspecified atom stereocenters. The van der Waals surface area contributed by atoms with E-state index < -0.39 is 116 Å². The minimum Gasteiger partial charge on any atom is -0.744 e. The van der Waals surface area contributed by atoms with Crippen molar-refractivity contribution in [3.05, 3.63) is 83.9 Å². The molecule has 0 amide bonds. The molecule has 0 aliphatic heterocycles. The normalized spacial score (nSPS) is 13.0. The number of phenolic OH excluding ortho intramolecular Hbond substituents is 4. The standard InChI is InChI=1S/C34H26N4O16S4/c1-15-7-17(3-5-23(15)35-37-31-27(57(49,50)51)11-19-9-21(55(43,44)45)13-25(39)29(19)33(31)41)18-4-6-24(16(2)8-18)36-38-32-28(58(52,53)54)12-20-10-22(56(46,47)48)14-26(40)30(20)34(32)42/h3-14,39-42H,1-2H3,(H,43,44,45)(H,46,47,48)(H,49,50,51)(H,52,53,54)/p-4. The zero-order valence-corrected chi connectivity index (χ0v) is 32.3. The molecule has 6 aromatic carbocycles. The molecule has 0 fully saturated rings. The molecule has 0 bridgehead atoms. The SMILES string of the molecule is Cc1cc(-c2ccc(N=Nc3c(S(=O)(=O)[O-])cc4cc(S(=O)(=O)[O-])cc(O)c4c3O)c(C)c2)ccc1N=Nc1c(S(=O)(=O)[O-])cc2cc(S(=O)(=O)[O-])cc(O)c2c1O. The molecule has 0 saturated heterocycles. The van der Waals surface area contributed by atoms with Gasteiger partial charge in [-0.3, -0.25) is 0 Å². The summed E-state index contributed by atoms with van der Waals surface area (Å²) >= 11 is 0. The number of aryl methyl sites for hydroxylation is 2. The van der Waals surface area contributed by atoms with E-state index in [4.69, 9.17) is 0 Å². The Hall–Kier alpha value is -6.12. The summed E-state index contributed by atoms with van der Waals surface area (Å²) < 4.78 is 142. The number of azo groups is 2. The van der Waals surface area contributed by atoms with Gasteiger partial charge in [0.1, 0.15) is 63.3 Å². The third kappa shape index (κ3) is 8.02. The number of benzene rings is 6. The van der Waals surface area contributed by atoms with E-state index in [0.29, 0.717) is 58.7 Å². The van der Waals surface area contributed by atoms with Gasteiger partial charge < -0.3 is 38.6 Å². The predicted molar refractivity (Wildman–Crippen MR) is 196 cm³/mol. The minimum atomic E-state index is -5.40. The maximum atomic E-state index is 12.1. The van der Waals surface area contributed by atoms with Crippen molar-refractivity contribution < 1.29 is 72.3 Å². The second-order valence-corrected chi connectivity index (χ2v) is 17.9. The van der Waals surface area contributed by atoms with Crippen molar-refractivity contribution in [1.82, 2.24) is 0 Å². The fourth-order valence-electron chi connectivity index (χ4n) is 5.84. The lowest BCUT2D eigenvalue weighted by Gasteiger charge is -2.16. The fourth-order valence-corrected chi connectivity index (χ4v) is 8.19. The molecule has 302 valence electrons. The van der Waals surface area contributed by atoms with Crippen LogP contribution in [-0.4, -0.2) is 72.3 Å². The summed E-state index contributed by atoms with van der Waals surface area (Å²) in [5.74, 6) is -3.94. The Balaban J connectivity index is 1.34. The molecule has 0 spiro atoms. The molecule has 24 heteroatoms. The fraction of sp³-hybridized carbons (Fsp3) is 0.0588. The van der Waals surface area contributed by atoms with Gasteiger partial charge in [-0.15, -0.1) is 10.2 Å². The van der Waals surface area contributed by atoms with E-state index in [9.17, 15) is 72.3 Å². The number of aromatic hydroxyl groups is 4. The number of nitrogens with zero attached hydrogens (tertiary/aromatic N) is 4. The van der Waals surface area contributed by atoms with Crippen LogP contribution in [0, 0.1) is 13.8 Å². The smallest absolute Gasteiger partial charge is 0.155 e. The first-order valence-electron chi connectivity index (χ1n) is 15.7. The van der Waals surface area contributed by atoms with E-state index >= 15 is 0 Å². The van der Waals surface area contributed by atoms with Crippen molar-refractivity contribution in [3.63, 3.8) is 0 Å². The highest BCUT2D eigenvalue weighted by molar-refractivity contribution is 7.86. The highest BCUT2D eigenvalue weighted by Gasteiger charge is 2.23. The summed E-state index contributed by atoms with van der Waals surface area (Å²) in [6.45, 7) is 3.18. The van der Waals surface area contributed by atoms with Gasteiger partial charge in [-0.05, 0) is 108 Å². The van der Waals surface area contributed by atoms with Crippen LogP contribution in [0.25, 0.3) is 32.7 Å². The molecular formula is C34H22N4O16S4-4. The lowest BCUT2D eigenvalue weighted by Crippen LogP contribution is -2.01. The number of fused-ring (bicyclic) bond motifs is 2. The van der Waals surface area contributed by atoms with Crippen LogP contribution in [0.4, 0.5) is 22.7 Å². The van der Waals surface area contributed by atoms with Crippen LogP contribution in [0.5, 0.6) is 23.0 Å². The maximum Gasteiger partial charge on any atom is 0.155 e. The monoisotopic (exact) mass is 870 g/mol. The summed E-state index contributed by atoms with van der Waals surface area (Å²) in [7, 11) is -21.1. The molecule has 6 rings (SSSR count). The molecule has 0 heterocycles. The Bertz CT molecular complexity index is 3080. The van der Waals surface area contributed by atoms with Crippen molar-refractivity contribution in [2.24, 2.45) is 20.5 Å². The first-order chi connectivity index (χ1) is 26.8. The van der Waals surface area contributed by atoms with E-state index in [-0.39, 0.29) is 11.4 Å². The molecule has 0 aromatic heterocycles. The number of phenols is 4. The molecule has 4 N–H and O–H groups in total. The Morgan fingerprint density at radius 1 is 0.448 bits per heavy atom. The van der Waals surface area contributed by atoms with Crippen molar-refractivity contribution >= 4 is 84.8 Å². The molecular weight excluding hydrogens is 849 g/mol. The van der Waals surface area contributed by atoms with Gasteiger partial charge in [0.05, 0.1) is 41.7 Å². The molecule has 0 radical (unpaired) electrons. The first-order valence-corrected chi connectivity index (χ1v) is 21.3. The van der Waals surface area contributed by atoms with E-state index in [1.807, 2.05) is 0 Å². The van der Waals surface area contributed by atoms with Gasteiger partial charge in [0.25, 0.3) is 0 Å².